The van der Waals surface area contributed by atoms with Gasteiger partial charge in [-0.3, -0.25) is 0 Å². The first-order chi connectivity index (χ1) is 32.9. The van der Waals surface area contributed by atoms with Crippen LogP contribution in [0.15, 0.2) is 109 Å². The van der Waals surface area contributed by atoms with Gasteiger partial charge in [0.25, 0.3) is 0 Å². The van der Waals surface area contributed by atoms with E-state index < -0.39 is 0 Å². The van der Waals surface area contributed by atoms with Crippen LogP contribution in [0.2, 0.25) is 0 Å². The minimum atomic E-state index is 0.178. The molecule has 6 aromatic heterocycles. The highest BCUT2D eigenvalue weighted by Crippen LogP contribution is 2.37. The number of aromatic hydroxyl groups is 1. The molecule has 0 unspecified atom stereocenters. The minimum Gasteiger partial charge on any atom is -0.508 e. The predicted octanol–water partition coefficient (Wildman–Crippen LogP) is 10.1. The predicted molar refractivity (Wildman–Crippen MR) is 257 cm³/mol. The third kappa shape index (κ3) is 13.6. The summed E-state index contributed by atoms with van der Waals surface area (Å²) < 4.78 is 21.2. The molecule has 2 aromatic carbocycles. The van der Waals surface area contributed by atoms with E-state index in [4.69, 9.17) is 35.9 Å². The van der Waals surface area contributed by atoms with Gasteiger partial charge in [-0.25, -0.2) is 49.2 Å². The van der Waals surface area contributed by atoms with E-state index in [2.05, 4.69) is 69.7 Å². The molecule has 1 N–H and O–H groups in total. The average molecular weight is 962 g/mol. The van der Waals surface area contributed by atoms with Crippen molar-refractivity contribution in [3.63, 3.8) is 0 Å². The van der Waals surface area contributed by atoms with E-state index in [0.29, 0.717) is 36.3 Å². The lowest BCUT2D eigenvalue weighted by Gasteiger charge is -2.27. The van der Waals surface area contributed by atoms with Crippen molar-refractivity contribution >= 4 is 34.3 Å². The van der Waals surface area contributed by atoms with Crippen LogP contribution in [0.3, 0.4) is 0 Å². The molecule has 10 rings (SSSR count). The number of rotatable bonds is 14. The second-order valence-corrected chi connectivity index (χ2v) is 18.2. The van der Waals surface area contributed by atoms with E-state index in [1.54, 1.807) is 69.0 Å². The van der Waals surface area contributed by atoms with Crippen LogP contribution in [0.5, 0.6) is 23.5 Å². The molecule has 2 aliphatic carbocycles. The summed E-state index contributed by atoms with van der Waals surface area (Å²) in [6.07, 6.45) is 24.3. The van der Waals surface area contributed by atoms with E-state index in [9.17, 15) is 0 Å². The van der Waals surface area contributed by atoms with E-state index in [-0.39, 0.29) is 18.0 Å². The van der Waals surface area contributed by atoms with Crippen molar-refractivity contribution in [1.29, 1.82) is 0 Å². The Morgan fingerprint density at radius 1 is 0.612 bits per heavy atom. The number of thiazole rings is 2. The Kier molecular flexibility index (Phi) is 16.8. The van der Waals surface area contributed by atoms with Gasteiger partial charge in [0, 0.05) is 47.4 Å². The zero-order valence-electron chi connectivity index (χ0n) is 37.4. The van der Waals surface area contributed by atoms with E-state index in [0.717, 1.165) is 104 Å². The van der Waals surface area contributed by atoms with Crippen LogP contribution in [-0.2, 0) is 25.3 Å². The molecule has 348 valence electrons. The molecule has 0 radical (unpaired) electrons. The highest BCUT2D eigenvalue weighted by molar-refractivity contribution is 7.10. The molecule has 6 heterocycles. The fourth-order valence-corrected chi connectivity index (χ4v) is 9.81. The number of benzene rings is 2. The molecule has 0 bridgehead atoms. The van der Waals surface area contributed by atoms with Gasteiger partial charge in [0.15, 0.2) is 0 Å². The number of alkyl halides is 1. The highest BCUT2D eigenvalue weighted by atomic mass is 35.5. The van der Waals surface area contributed by atoms with Crippen LogP contribution in [0.25, 0.3) is 11.4 Å². The molecule has 0 atom stereocenters. The van der Waals surface area contributed by atoms with Crippen molar-refractivity contribution in [2.75, 3.05) is 0 Å². The lowest BCUT2D eigenvalue weighted by atomic mass is 9.88. The maximum atomic E-state index is 9.01. The standard InChI is InChI=1S/C24H26N6O2S.C16H20ClN3OS.C8H7N3O/c1-2-17-11-26-24(27-12-17)32-22-7-3-18(4-8-22)23-29-19(14-33-23)13-31-21-9-5-20(6-10-21)30-16-25-15-28-30;1-2-11-8-18-16(19-9-11)21-14-5-3-12(4-6-14)15-20-13(7-17)10-22-15;12-8-3-1-7(2-4-8)11-6-9-5-10-11/h5-6,9-12,14-16,18,22H,2-4,7-8,13H2,1H3;8-10,12,14H,2-7H2,1H3;1-6,12H. The molecule has 0 aliphatic heterocycles. The van der Waals surface area contributed by atoms with Gasteiger partial charge in [0.2, 0.25) is 0 Å². The highest BCUT2D eigenvalue weighted by Gasteiger charge is 2.27. The molecule has 2 fully saturated rings. The molecule has 2 aliphatic rings. The first kappa shape index (κ1) is 47.1. The molecule has 2 saturated carbocycles. The quantitative estimate of drug-likeness (QED) is 0.101. The first-order valence-corrected chi connectivity index (χ1v) is 24.8. The third-order valence-electron chi connectivity index (χ3n) is 11.5. The Morgan fingerprint density at radius 2 is 1.06 bits per heavy atom. The van der Waals surface area contributed by atoms with E-state index >= 15 is 0 Å². The first-order valence-electron chi connectivity index (χ1n) is 22.5. The second kappa shape index (κ2) is 23.9. The van der Waals surface area contributed by atoms with Gasteiger partial charge < -0.3 is 19.3 Å². The molecule has 0 spiro atoms. The normalized spacial score (nSPS) is 17.9. The summed E-state index contributed by atoms with van der Waals surface area (Å²) in [5.41, 5.74) is 6.04. The second-order valence-electron chi connectivity index (χ2n) is 16.1. The fraction of sp³-hybridized carbons (Fsp3) is 0.375. The molecule has 8 aromatic rings. The maximum Gasteiger partial charge on any atom is 0.316 e. The van der Waals surface area contributed by atoms with Crippen LogP contribution in [-0.4, -0.2) is 76.7 Å². The molecule has 0 amide bonds. The van der Waals surface area contributed by atoms with Crippen molar-refractivity contribution in [2.45, 2.75) is 115 Å². The number of ether oxygens (including phenoxy) is 3. The largest absolute Gasteiger partial charge is 0.508 e. The number of phenols is 1. The summed E-state index contributed by atoms with van der Waals surface area (Å²) in [7, 11) is 0. The number of hydrogen-bond donors (Lipinski definition) is 1. The topological polar surface area (TPSA) is 187 Å². The van der Waals surface area contributed by atoms with Gasteiger partial charge in [-0.15, -0.1) is 34.3 Å². The molecular weight excluding hydrogens is 908 g/mol. The van der Waals surface area contributed by atoms with Gasteiger partial charge in [0.1, 0.15) is 55.6 Å². The molecule has 0 saturated heterocycles. The number of nitrogens with zero attached hydrogens (tertiary/aromatic N) is 12. The molecular formula is C48H53ClN12O4S2. The summed E-state index contributed by atoms with van der Waals surface area (Å²) in [6, 6.07) is 15.5. The Bertz CT molecular complexity index is 2630. The number of phenolic OH excluding ortho intramolecular Hbond substituents is 1. The van der Waals surface area contributed by atoms with Crippen LogP contribution < -0.4 is 14.2 Å². The number of aromatic nitrogens is 12. The van der Waals surface area contributed by atoms with E-state index in [1.165, 1.54) is 22.7 Å². The van der Waals surface area contributed by atoms with Crippen molar-refractivity contribution in [3.05, 3.63) is 142 Å². The van der Waals surface area contributed by atoms with Crippen LogP contribution in [0.1, 0.15) is 110 Å². The molecule has 19 heteroatoms. The summed E-state index contributed by atoms with van der Waals surface area (Å²) in [5, 5.41) is 23.7. The third-order valence-corrected chi connectivity index (χ3v) is 13.9. The van der Waals surface area contributed by atoms with Crippen molar-refractivity contribution in [1.82, 2.24) is 59.4 Å². The summed E-state index contributed by atoms with van der Waals surface area (Å²) in [5.74, 6) is 2.58. The van der Waals surface area contributed by atoms with Crippen LogP contribution in [0.4, 0.5) is 0 Å². The van der Waals surface area contributed by atoms with Crippen molar-refractivity contribution < 1.29 is 19.3 Å². The van der Waals surface area contributed by atoms with Gasteiger partial charge in [-0.1, -0.05) is 13.8 Å². The average Bonchev–Trinajstić information content (AvgIpc) is 4.25. The minimum absolute atomic E-state index is 0.178. The Morgan fingerprint density at radius 3 is 1.48 bits per heavy atom. The number of hydrogen-bond acceptors (Lipinski definition) is 16. The fourth-order valence-electron chi connectivity index (χ4n) is 7.61. The maximum absolute atomic E-state index is 9.01. The SMILES string of the molecule is CCc1cnc(OC2CCC(c3nc(CCl)cs3)CC2)nc1.CCc1cnc(OC2CCC(c3nc(COc4ccc(-n5cncn5)cc4)cs3)CC2)nc1.Oc1ccc(-n2cncn2)cc1. The smallest absolute Gasteiger partial charge is 0.316 e. The van der Waals surface area contributed by atoms with E-state index in [1.807, 2.05) is 49.1 Å². The molecule has 16 nitrogen and oxygen atoms in total. The van der Waals surface area contributed by atoms with Crippen LogP contribution >= 0.6 is 34.3 Å². The zero-order valence-corrected chi connectivity index (χ0v) is 39.8. The number of halogens is 1. The van der Waals surface area contributed by atoms with Gasteiger partial charge in [0.05, 0.1) is 38.7 Å². The van der Waals surface area contributed by atoms with Crippen molar-refractivity contribution in [2.24, 2.45) is 0 Å². The molecule has 67 heavy (non-hydrogen) atoms. The zero-order chi connectivity index (χ0) is 46.2. The Balaban J connectivity index is 0.000000153. The number of aryl methyl sites for hydroxylation is 2. The Hall–Kier alpha value is -6.37. The van der Waals surface area contributed by atoms with Gasteiger partial charge >= 0.3 is 12.0 Å². The monoisotopic (exact) mass is 960 g/mol. The lowest BCUT2D eigenvalue weighted by Crippen LogP contribution is -2.24. The summed E-state index contributed by atoms with van der Waals surface area (Å²) in [6.45, 7) is 4.65. The lowest BCUT2D eigenvalue weighted by molar-refractivity contribution is 0.133. The summed E-state index contributed by atoms with van der Waals surface area (Å²) >= 11 is 9.28. The van der Waals surface area contributed by atoms with Gasteiger partial charge in [-0.05, 0) is 124 Å². The summed E-state index contributed by atoms with van der Waals surface area (Å²) in [4.78, 5) is 34.4. The Labute approximate surface area is 402 Å². The van der Waals surface area contributed by atoms with Crippen LogP contribution in [0, 0.1) is 0 Å². The van der Waals surface area contributed by atoms with Gasteiger partial charge in [-0.2, -0.15) is 10.2 Å². The van der Waals surface area contributed by atoms with Crippen molar-refractivity contribution in [3.8, 4) is 34.9 Å².